The average molecular weight is 197 g/mol. The molecule has 5 nitrogen and oxygen atoms in total. The highest BCUT2D eigenvalue weighted by Gasteiger charge is 2.11. The number of hydrogen-bond acceptors (Lipinski definition) is 3. The highest BCUT2D eigenvalue weighted by molar-refractivity contribution is 6.58. The van der Waals surface area contributed by atoms with E-state index in [-0.39, 0.29) is 16.2 Å². The number of halogens is 1. The van der Waals surface area contributed by atoms with Crippen LogP contribution < -0.4 is 5.46 Å². The summed E-state index contributed by atoms with van der Waals surface area (Å²) in [6.45, 7) is 0. The topological polar surface area (TPSA) is 89.2 Å². The second-order valence-electron chi connectivity index (χ2n) is 2.27. The monoisotopic (exact) mass is 197 g/mol. The summed E-state index contributed by atoms with van der Waals surface area (Å²) >= 11 is 5.65. The molecule has 0 aliphatic carbocycles. The van der Waals surface area contributed by atoms with E-state index in [1.165, 1.54) is 18.2 Å². The molecule has 1 rings (SSSR count). The van der Waals surface area contributed by atoms with Gasteiger partial charge in [-0.15, -0.1) is 0 Å². The quantitative estimate of drug-likeness (QED) is 0.320. The molecule has 0 atom stereocenters. The van der Waals surface area contributed by atoms with E-state index in [0.29, 0.717) is 0 Å². The van der Waals surface area contributed by atoms with Crippen LogP contribution in [-0.2, 0) is 0 Å². The van der Waals surface area contributed by atoms with Gasteiger partial charge >= 0.3 is 7.12 Å². The third-order valence-electron chi connectivity index (χ3n) is 1.42. The summed E-state index contributed by atoms with van der Waals surface area (Å²) in [5.41, 5.74) is 8.55. The van der Waals surface area contributed by atoms with Crippen LogP contribution in [0.15, 0.2) is 23.3 Å². The first-order chi connectivity index (χ1) is 6.15. The minimum atomic E-state index is -1.59. The van der Waals surface area contributed by atoms with Crippen LogP contribution in [0.25, 0.3) is 10.4 Å². The maximum atomic E-state index is 8.78. The average Bonchev–Trinajstić information content (AvgIpc) is 2.08. The lowest BCUT2D eigenvalue weighted by atomic mass is 9.80. The van der Waals surface area contributed by atoms with Gasteiger partial charge in [0.15, 0.2) is 0 Å². The van der Waals surface area contributed by atoms with E-state index in [1.54, 1.807) is 0 Å². The van der Waals surface area contributed by atoms with Crippen LogP contribution in [0.3, 0.4) is 0 Å². The molecule has 0 aliphatic rings. The van der Waals surface area contributed by atoms with Gasteiger partial charge in [0.05, 0.1) is 10.7 Å². The summed E-state index contributed by atoms with van der Waals surface area (Å²) in [6, 6.07) is 4.18. The molecular formula is C6H5BClN3O2. The predicted octanol–water partition coefficient (Wildman–Crippen LogP) is 0.962. The Morgan fingerprint density at radius 3 is 2.69 bits per heavy atom. The third-order valence-corrected chi connectivity index (χ3v) is 1.74. The molecule has 0 heterocycles. The van der Waals surface area contributed by atoms with E-state index < -0.39 is 7.12 Å². The Kier molecular flexibility index (Phi) is 3.16. The molecule has 1 aromatic carbocycles. The van der Waals surface area contributed by atoms with Crippen molar-refractivity contribution in [2.24, 2.45) is 5.11 Å². The van der Waals surface area contributed by atoms with Gasteiger partial charge in [0.1, 0.15) is 0 Å². The van der Waals surface area contributed by atoms with Crippen molar-refractivity contribution in [1.29, 1.82) is 0 Å². The molecule has 0 radical (unpaired) electrons. The standard InChI is InChI=1S/C6H5BClN3O2/c8-5-2-1-4(7(12)13)3-6(5)10-11-9/h1-3,12-13H. The second-order valence-corrected chi connectivity index (χ2v) is 2.68. The fraction of sp³-hybridized carbons (Fsp3) is 0. The number of benzene rings is 1. The number of rotatable bonds is 2. The summed E-state index contributed by atoms with van der Waals surface area (Å²) in [5.74, 6) is 0. The van der Waals surface area contributed by atoms with Crippen LogP contribution in [0.1, 0.15) is 0 Å². The van der Waals surface area contributed by atoms with E-state index in [4.69, 9.17) is 27.2 Å². The summed E-state index contributed by atoms with van der Waals surface area (Å²) in [7, 11) is -1.59. The largest absolute Gasteiger partial charge is 0.488 e. The van der Waals surface area contributed by atoms with Crippen molar-refractivity contribution in [3.63, 3.8) is 0 Å². The van der Waals surface area contributed by atoms with Crippen LogP contribution in [0, 0.1) is 0 Å². The van der Waals surface area contributed by atoms with E-state index in [2.05, 4.69) is 10.0 Å². The Morgan fingerprint density at radius 2 is 2.15 bits per heavy atom. The van der Waals surface area contributed by atoms with Gasteiger partial charge in [-0.05, 0) is 17.1 Å². The molecule has 0 unspecified atom stereocenters. The summed E-state index contributed by atoms with van der Waals surface area (Å²) in [6.07, 6.45) is 0. The molecule has 0 fully saturated rings. The molecule has 0 amide bonds. The number of hydrogen-bond donors (Lipinski definition) is 2. The first-order valence-electron chi connectivity index (χ1n) is 3.36. The lowest BCUT2D eigenvalue weighted by Gasteiger charge is -2.01. The normalized spacial score (nSPS) is 9.15. The first kappa shape index (κ1) is 9.89. The molecule has 0 aromatic heterocycles. The smallest absolute Gasteiger partial charge is 0.423 e. The molecule has 0 aliphatic heterocycles. The molecule has 66 valence electrons. The minimum absolute atomic E-state index is 0.176. The molecule has 0 bridgehead atoms. The van der Waals surface area contributed by atoms with Crippen LogP contribution in [-0.4, -0.2) is 17.2 Å². The second kappa shape index (κ2) is 4.16. The van der Waals surface area contributed by atoms with Crippen molar-refractivity contribution in [3.05, 3.63) is 33.7 Å². The maximum absolute atomic E-state index is 8.78. The van der Waals surface area contributed by atoms with Crippen LogP contribution >= 0.6 is 11.6 Å². The zero-order valence-electron chi connectivity index (χ0n) is 6.42. The van der Waals surface area contributed by atoms with E-state index >= 15 is 0 Å². The molecule has 0 spiro atoms. The summed E-state index contributed by atoms with van der Waals surface area (Å²) in [4.78, 5) is 2.54. The van der Waals surface area contributed by atoms with Gasteiger partial charge in [0.2, 0.25) is 0 Å². The van der Waals surface area contributed by atoms with Crippen molar-refractivity contribution >= 4 is 29.9 Å². The van der Waals surface area contributed by atoms with Gasteiger partial charge in [-0.2, -0.15) is 0 Å². The third kappa shape index (κ3) is 2.37. The summed E-state index contributed by atoms with van der Waals surface area (Å²) in [5, 5.41) is 21.1. The molecule has 1 aromatic rings. The van der Waals surface area contributed by atoms with E-state index in [1.807, 2.05) is 0 Å². The Bertz CT molecular complexity index is 365. The molecule has 13 heavy (non-hydrogen) atoms. The fourth-order valence-electron chi connectivity index (χ4n) is 0.815. The van der Waals surface area contributed by atoms with Gasteiger partial charge in [0.25, 0.3) is 0 Å². The lowest BCUT2D eigenvalue weighted by molar-refractivity contribution is 0.426. The van der Waals surface area contributed by atoms with Crippen molar-refractivity contribution < 1.29 is 10.0 Å². The Labute approximate surface area is 79.3 Å². The van der Waals surface area contributed by atoms with Crippen molar-refractivity contribution in [2.75, 3.05) is 0 Å². The van der Waals surface area contributed by atoms with Gasteiger partial charge in [-0.1, -0.05) is 28.8 Å². The van der Waals surface area contributed by atoms with E-state index in [9.17, 15) is 0 Å². The highest BCUT2D eigenvalue weighted by Crippen LogP contribution is 2.22. The van der Waals surface area contributed by atoms with Gasteiger partial charge < -0.3 is 10.0 Å². The maximum Gasteiger partial charge on any atom is 0.488 e. The lowest BCUT2D eigenvalue weighted by Crippen LogP contribution is -2.29. The SMILES string of the molecule is [N-]=[N+]=Nc1cc(B(O)O)ccc1Cl. The van der Waals surface area contributed by atoms with Gasteiger partial charge in [-0.3, -0.25) is 0 Å². The first-order valence-corrected chi connectivity index (χ1v) is 3.73. The van der Waals surface area contributed by atoms with Crippen molar-refractivity contribution in [1.82, 2.24) is 0 Å². The highest BCUT2D eigenvalue weighted by atomic mass is 35.5. The van der Waals surface area contributed by atoms with Crippen LogP contribution in [0.4, 0.5) is 5.69 Å². The Hall–Kier alpha value is -1.20. The number of nitrogens with zero attached hydrogens (tertiary/aromatic N) is 3. The molecule has 2 N–H and O–H groups in total. The van der Waals surface area contributed by atoms with Crippen LogP contribution in [0.2, 0.25) is 5.02 Å². The van der Waals surface area contributed by atoms with Crippen molar-refractivity contribution in [2.45, 2.75) is 0 Å². The van der Waals surface area contributed by atoms with Crippen molar-refractivity contribution in [3.8, 4) is 0 Å². The molecular weight excluding hydrogens is 192 g/mol. The summed E-state index contributed by atoms with van der Waals surface area (Å²) < 4.78 is 0. The molecule has 0 saturated carbocycles. The Morgan fingerprint density at radius 1 is 1.46 bits per heavy atom. The zero-order chi connectivity index (χ0) is 9.84. The van der Waals surface area contributed by atoms with Gasteiger partial charge in [-0.25, -0.2) is 0 Å². The van der Waals surface area contributed by atoms with Crippen LogP contribution in [0.5, 0.6) is 0 Å². The predicted molar refractivity (Wildman–Crippen MR) is 50.1 cm³/mol. The minimum Gasteiger partial charge on any atom is -0.423 e. The Balaban J connectivity index is 3.18. The zero-order valence-corrected chi connectivity index (χ0v) is 7.18. The van der Waals surface area contributed by atoms with Gasteiger partial charge in [0, 0.05) is 4.91 Å². The number of azide groups is 1. The van der Waals surface area contributed by atoms with E-state index in [0.717, 1.165) is 0 Å². The fourth-order valence-corrected chi connectivity index (χ4v) is 0.970. The molecule has 7 heteroatoms. The molecule has 0 saturated heterocycles.